The Hall–Kier alpha value is -1.88. The molecule has 1 amide bonds. The van der Waals surface area contributed by atoms with E-state index in [-0.39, 0.29) is 12.3 Å². The molecule has 0 saturated carbocycles. The van der Waals surface area contributed by atoms with E-state index in [2.05, 4.69) is 5.32 Å². The van der Waals surface area contributed by atoms with E-state index in [1.54, 1.807) is 0 Å². The number of aliphatic hydroxyl groups is 1. The van der Waals surface area contributed by atoms with Crippen molar-refractivity contribution in [3.8, 4) is 0 Å². The lowest BCUT2D eigenvalue weighted by Crippen LogP contribution is -2.48. The van der Waals surface area contributed by atoms with Crippen LogP contribution in [0.5, 0.6) is 0 Å². The summed E-state index contributed by atoms with van der Waals surface area (Å²) in [7, 11) is 0. The van der Waals surface area contributed by atoms with Gasteiger partial charge < -0.3 is 15.5 Å². The summed E-state index contributed by atoms with van der Waals surface area (Å²) >= 11 is 0. The zero-order chi connectivity index (χ0) is 13.1. The monoisotopic (exact) mass is 249 g/mol. The van der Waals surface area contributed by atoms with Gasteiger partial charge in [0.25, 0.3) is 0 Å². The first-order valence-corrected chi connectivity index (χ1v) is 5.83. The number of carboxylic acids is 1. The van der Waals surface area contributed by atoms with E-state index in [1.807, 2.05) is 30.3 Å². The lowest BCUT2D eigenvalue weighted by molar-refractivity contribution is -0.144. The van der Waals surface area contributed by atoms with Gasteiger partial charge in [-0.15, -0.1) is 0 Å². The molecule has 0 bridgehead atoms. The average molecular weight is 249 g/mol. The minimum Gasteiger partial charge on any atom is -0.481 e. The fourth-order valence-electron chi connectivity index (χ4n) is 2.41. The molecule has 1 fully saturated rings. The molecule has 0 aromatic heterocycles. The molecule has 3 unspecified atom stereocenters. The molecule has 3 N–H and O–H groups in total. The van der Waals surface area contributed by atoms with Crippen molar-refractivity contribution >= 4 is 11.9 Å². The molecule has 1 saturated heterocycles. The van der Waals surface area contributed by atoms with Crippen LogP contribution in [0.4, 0.5) is 0 Å². The SMILES string of the molecule is O=C(O)CC1C(=O)NC(O)CC1c1ccccc1. The van der Waals surface area contributed by atoms with Crippen LogP contribution in [-0.4, -0.2) is 28.3 Å². The van der Waals surface area contributed by atoms with E-state index >= 15 is 0 Å². The summed E-state index contributed by atoms with van der Waals surface area (Å²) in [6.45, 7) is 0. The number of amides is 1. The number of hydrogen-bond donors (Lipinski definition) is 3. The number of aliphatic hydroxyl groups excluding tert-OH is 1. The maximum Gasteiger partial charge on any atom is 0.304 e. The van der Waals surface area contributed by atoms with Gasteiger partial charge >= 0.3 is 5.97 Å². The van der Waals surface area contributed by atoms with Crippen LogP contribution in [0.15, 0.2) is 30.3 Å². The second-order valence-corrected chi connectivity index (χ2v) is 4.48. The van der Waals surface area contributed by atoms with Crippen molar-refractivity contribution in [2.75, 3.05) is 0 Å². The zero-order valence-corrected chi connectivity index (χ0v) is 9.74. The number of rotatable bonds is 3. The minimum atomic E-state index is -1.01. The van der Waals surface area contributed by atoms with Crippen molar-refractivity contribution in [1.82, 2.24) is 5.32 Å². The van der Waals surface area contributed by atoms with Crippen molar-refractivity contribution in [3.05, 3.63) is 35.9 Å². The normalized spacial score (nSPS) is 27.6. The summed E-state index contributed by atoms with van der Waals surface area (Å²) in [5.41, 5.74) is 0.887. The van der Waals surface area contributed by atoms with Crippen LogP contribution in [0.25, 0.3) is 0 Å². The molecule has 18 heavy (non-hydrogen) atoms. The molecule has 1 aromatic carbocycles. The van der Waals surface area contributed by atoms with Crippen LogP contribution >= 0.6 is 0 Å². The van der Waals surface area contributed by atoms with Crippen LogP contribution < -0.4 is 5.32 Å². The summed E-state index contributed by atoms with van der Waals surface area (Å²) in [4.78, 5) is 22.6. The van der Waals surface area contributed by atoms with Crippen LogP contribution in [0.2, 0.25) is 0 Å². The maximum atomic E-state index is 11.8. The van der Waals surface area contributed by atoms with Crippen LogP contribution in [0.1, 0.15) is 24.3 Å². The number of hydrogen-bond acceptors (Lipinski definition) is 3. The van der Waals surface area contributed by atoms with Crippen LogP contribution in [-0.2, 0) is 9.59 Å². The highest BCUT2D eigenvalue weighted by molar-refractivity contribution is 5.85. The van der Waals surface area contributed by atoms with Gasteiger partial charge in [0.1, 0.15) is 6.23 Å². The highest BCUT2D eigenvalue weighted by Crippen LogP contribution is 2.34. The zero-order valence-electron chi connectivity index (χ0n) is 9.74. The molecule has 1 aliphatic heterocycles. The van der Waals surface area contributed by atoms with E-state index < -0.39 is 24.0 Å². The fourth-order valence-corrected chi connectivity index (χ4v) is 2.41. The number of carbonyl (C=O) groups excluding carboxylic acids is 1. The van der Waals surface area contributed by atoms with Crippen molar-refractivity contribution < 1.29 is 19.8 Å². The lowest BCUT2D eigenvalue weighted by atomic mass is 9.78. The molecule has 96 valence electrons. The van der Waals surface area contributed by atoms with Crippen molar-refractivity contribution in [2.45, 2.75) is 25.0 Å². The average Bonchev–Trinajstić information content (AvgIpc) is 2.33. The first-order valence-electron chi connectivity index (χ1n) is 5.83. The van der Waals surface area contributed by atoms with Gasteiger partial charge in [-0.3, -0.25) is 9.59 Å². The Kier molecular flexibility index (Phi) is 3.62. The minimum absolute atomic E-state index is 0.224. The molecule has 2 rings (SSSR count). The molecule has 5 nitrogen and oxygen atoms in total. The summed E-state index contributed by atoms with van der Waals surface area (Å²) < 4.78 is 0. The number of carbonyl (C=O) groups is 2. The summed E-state index contributed by atoms with van der Waals surface area (Å²) in [5, 5.41) is 20.8. The molecule has 5 heteroatoms. The Bertz CT molecular complexity index is 446. The van der Waals surface area contributed by atoms with E-state index in [0.717, 1.165) is 5.56 Å². The van der Waals surface area contributed by atoms with Gasteiger partial charge in [-0.25, -0.2) is 0 Å². The molecule has 1 aromatic rings. The molecule has 1 heterocycles. The Balaban J connectivity index is 2.27. The number of benzene rings is 1. The van der Waals surface area contributed by atoms with E-state index in [9.17, 15) is 14.7 Å². The van der Waals surface area contributed by atoms with E-state index in [1.165, 1.54) is 0 Å². The standard InChI is InChI=1S/C13H15NO4/c15-11-6-9(8-4-2-1-3-5-8)10(7-12(16)17)13(18)14-11/h1-5,9-11,15H,6-7H2,(H,14,18)(H,16,17). The van der Waals surface area contributed by atoms with E-state index in [4.69, 9.17) is 5.11 Å². The lowest BCUT2D eigenvalue weighted by Gasteiger charge is -2.33. The number of aliphatic carboxylic acids is 1. The predicted octanol–water partition coefficient (Wildman–Crippen LogP) is 0.699. The second-order valence-electron chi connectivity index (χ2n) is 4.48. The fraction of sp³-hybridized carbons (Fsp3) is 0.385. The molecule has 0 spiro atoms. The highest BCUT2D eigenvalue weighted by Gasteiger charge is 2.37. The van der Waals surface area contributed by atoms with Gasteiger partial charge in [-0.2, -0.15) is 0 Å². The number of carboxylic acid groups (broad SMARTS) is 1. The molecular weight excluding hydrogens is 234 g/mol. The largest absolute Gasteiger partial charge is 0.481 e. The first-order chi connectivity index (χ1) is 8.58. The third kappa shape index (κ3) is 2.68. The molecule has 0 aliphatic carbocycles. The van der Waals surface area contributed by atoms with Gasteiger partial charge in [0.2, 0.25) is 5.91 Å². The van der Waals surface area contributed by atoms with Crippen molar-refractivity contribution in [1.29, 1.82) is 0 Å². The van der Waals surface area contributed by atoms with Crippen LogP contribution in [0, 0.1) is 5.92 Å². The van der Waals surface area contributed by atoms with Gasteiger partial charge in [-0.05, 0) is 12.0 Å². The Labute approximate surface area is 104 Å². The van der Waals surface area contributed by atoms with Crippen LogP contribution in [0.3, 0.4) is 0 Å². The van der Waals surface area contributed by atoms with Gasteiger partial charge in [0.15, 0.2) is 0 Å². The van der Waals surface area contributed by atoms with Gasteiger partial charge in [0.05, 0.1) is 12.3 Å². The molecular formula is C13H15NO4. The maximum absolute atomic E-state index is 11.8. The number of nitrogens with one attached hydrogen (secondary N) is 1. The highest BCUT2D eigenvalue weighted by atomic mass is 16.4. The quantitative estimate of drug-likeness (QED) is 0.736. The molecule has 0 radical (unpaired) electrons. The third-order valence-corrected chi connectivity index (χ3v) is 3.23. The second kappa shape index (κ2) is 5.18. The summed E-state index contributed by atoms with van der Waals surface area (Å²) in [6.07, 6.45) is -0.793. The van der Waals surface area contributed by atoms with Gasteiger partial charge in [-0.1, -0.05) is 30.3 Å². The summed E-state index contributed by atoms with van der Waals surface area (Å²) in [5.74, 6) is -2.29. The Morgan fingerprint density at radius 2 is 2.00 bits per heavy atom. The smallest absolute Gasteiger partial charge is 0.304 e. The predicted molar refractivity (Wildman–Crippen MR) is 63.7 cm³/mol. The van der Waals surface area contributed by atoms with Gasteiger partial charge in [0, 0.05) is 5.92 Å². The number of piperidine rings is 1. The van der Waals surface area contributed by atoms with E-state index in [0.29, 0.717) is 6.42 Å². The van der Waals surface area contributed by atoms with Crippen molar-refractivity contribution in [3.63, 3.8) is 0 Å². The first kappa shape index (κ1) is 12.6. The summed E-state index contributed by atoms with van der Waals surface area (Å²) in [6, 6.07) is 9.24. The Morgan fingerprint density at radius 1 is 1.33 bits per heavy atom. The molecule has 1 aliphatic rings. The van der Waals surface area contributed by atoms with Crippen molar-refractivity contribution in [2.24, 2.45) is 5.92 Å². The third-order valence-electron chi connectivity index (χ3n) is 3.23. The topological polar surface area (TPSA) is 86.6 Å². The Morgan fingerprint density at radius 3 is 2.61 bits per heavy atom. The molecule has 3 atom stereocenters.